The molecule has 0 spiro atoms. The fourth-order valence-corrected chi connectivity index (χ4v) is 3.29. The predicted octanol–water partition coefficient (Wildman–Crippen LogP) is 3.78. The summed E-state index contributed by atoms with van der Waals surface area (Å²) in [5, 5.41) is 14.7. The first-order valence-electron chi connectivity index (χ1n) is 6.76. The van der Waals surface area contributed by atoms with Crippen LogP contribution in [-0.4, -0.2) is 26.3 Å². The van der Waals surface area contributed by atoms with Crippen LogP contribution >= 0.6 is 31.9 Å². The number of benzene rings is 1. The summed E-state index contributed by atoms with van der Waals surface area (Å²) in [7, 11) is 0. The molecule has 1 aromatic heterocycles. The van der Waals surface area contributed by atoms with Crippen LogP contribution in [0.25, 0.3) is 0 Å². The Morgan fingerprint density at radius 1 is 1.36 bits per heavy atom. The van der Waals surface area contributed by atoms with Gasteiger partial charge in [-0.05, 0) is 73.8 Å². The molecule has 1 heterocycles. The van der Waals surface area contributed by atoms with Crippen LogP contribution in [0, 0.1) is 0 Å². The summed E-state index contributed by atoms with van der Waals surface area (Å²) < 4.78 is 9.22. The number of halogens is 2. The number of ether oxygens (including phenoxy) is 1. The number of rotatable bonds is 7. The lowest BCUT2D eigenvalue weighted by Gasteiger charge is -2.15. The van der Waals surface area contributed by atoms with Gasteiger partial charge in [0.15, 0.2) is 0 Å². The first kappa shape index (κ1) is 17.0. The van der Waals surface area contributed by atoms with Crippen LogP contribution in [0.3, 0.4) is 0 Å². The van der Waals surface area contributed by atoms with Crippen LogP contribution in [0.2, 0.25) is 0 Å². The largest absolute Gasteiger partial charge is 0.489 e. The Labute approximate surface area is 146 Å². The molecule has 0 aliphatic carbocycles. The standard InChI is InChI=1S/C14H17Br2N5O/c1-4-5-21-14(18-19-20-21)17-8-10-6-11(15)13(12(16)7-10)22-9(2)3/h4,6-7,9H,1,5,8H2,2-3H3,(H,17,18,20). The maximum Gasteiger partial charge on any atom is 0.243 e. The molecule has 0 bridgehead atoms. The molecule has 0 saturated carbocycles. The van der Waals surface area contributed by atoms with Crippen LogP contribution in [0.4, 0.5) is 5.95 Å². The summed E-state index contributed by atoms with van der Waals surface area (Å²) >= 11 is 7.09. The van der Waals surface area contributed by atoms with E-state index in [1.165, 1.54) is 0 Å². The van der Waals surface area contributed by atoms with Gasteiger partial charge >= 0.3 is 0 Å². The molecule has 0 unspecified atom stereocenters. The van der Waals surface area contributed by atoms with Gasteiger partial charge in [0.2, 0.25) is 5.95 Å². The lowest BCUT2D eigenvalue weighted by molar-refractivity contribution is 0.239. The number of anilines is 1. The second-order valence-electron chi connectivity index (χ2n) is 4.88. The van der Waals surface area contributed by atoms with Crippen molar-refractivity contribution in [3.8, 4) is 5.75 Å². The molecular weight excluding hydrogens is 414 g/mol. The molecule has 0 aliphatic rings. The predicted molar refractivity (Wildman–Crippen MR) is 92.9 cm³/mol. The van der Waals surface area contributed by atoms with Crippen molar-refractivity contribution < 1.29 is 4.74 Å². The average molecular weight is 431 g/mol. The van der Waals surface area contributed by atoms with Gasteiger partial charge in [0, 0.05) is 6.54 Å². The van der Waals surface area contributed by atoms with Crippen molar-refractivity contribution in [3.63, 3.8) is 0 Å². The van der Waals surface area contributed by atoms with E-state index in [9.17, 15) is 0 Å². The van der Waals surface area contributed by atoms with Crippen LogP contribution in [0.5, 0.6) is 5.75 Å². The molecule has 6 nitrogen and oxygen atoms in total. The molecule has 1 N–H and O–H groups in total. The highest BCUT2D eigenvalue weighted by Crippen LogP contribution is 2.35. The van der Waals surface area contributed by atoms with Crippen molar-refractivity contribution in [3.05, 3.63) is 39.3 Å². The van der Waals surface area contributed by atoms with Gasteiger partial charge in [0.25, 0.3) is 0 Å². The lowest BCUT2D eigenvalue weighted by Crippen LogP contribution is -2.09. The van der Waals surface area contributed by atoms with Crippen molar-refractivity contribution in [1.82, 2.24) is 20.2 Å². The molecule has 2 rings (SSSR count). The monoisotopic (exact) mass is 429 g/mol. The number of allylic oxidation sites excluding steroid dienone is 1. The number of nitrogens with zero attached hydrogens (tertiary/aromatic N) is 4. The van der Waals surface area contributed by atoms with Crippen LogP contribution in [0.1, 0.15) is 19.4 Å². The van der Waals surface area contributed by atoms with Crippen molar-refractivity contribution in [2.45, 2.75) is 33.0 Å². The normalized spacial score (nSPS) is 10.8. The van der Waals surface area contributed by atoms with Crippen molar-refractivity contribution in [2.24, 2.45) is 0 Å². The zero-order chi connectivity index (χ0) is 16.1. The number of aromatic nitrogens is 4. The van der Waals surface area contributed by atoms with Crippen LogP contribution in [0.15, 0.2) is 33.7 Å². The maximum atomic E-state index is 5.77. The lowest BCUT2D eigenvalue weighted by atomic mass is 10.2. The topological polar surface area (TPSA) is 64.9 Å². The van der Waals surface area contributed by atoms with Crippen molar-refractivity contribution >= 4 is 37.8 Å². The Morgan fingerprint density at radius 2 is 2.05 bits per heavy atom. The Bertz CT molecular complexity index is 633. The van der Waals surface area contributed by atoms with E-state index >= 15 is 0 Å². The van der Waals surface area contributed by atoms with Gasteiger partial charge in [0.05, 0.1) is 21.6 Å². The van der Waals surface area contributed by atoms with E-state index in [-0.39, 0.29) is 6.10 Å². The SMILES string of the molecule is C=CCn1nnnc1NCc1cc(Br)c(OC(C)C)c(Br)c1. The van der Waals surface area contributed by atoms with Gasteiger partial charge < -0.3 is 10.1 Å². The fraction of sp³-hybridized carbons (Fsp3) is 0.357. The highest BCUT2D eigenvalue weighted by Gasteiger charge is 2.11. The van der Waals surface area contributed by atoms with E-state index in [2.05, 4.69) is 59.3 Å². The fourth-order valence-electron chi connectivity index (χ4n) is 1.82. The quantitative estimate of drug-likeness (QED) is 0.677. The van der Waals surface area contributed by atoms with E-state index in [0.29, 0.717) is 19.0 Å². The molecule has 2 aromatic rings. The number of nitrogens with one attached hydrogen (secondary N) is 1. The van der Waals surface area contributed by atoms with Crippen molar-refractivity contribution in [2.75, 3.05) is 5.32 Å². The molecule has 22 heavy (non-hydrogen) atoms. The van der Waals surface area contributed by atoms with E-state index < -0.39 is 0 Å². The molecule has 0 atom stereocenters. The van der Waals surface area contributed by atoms with Gasteiger partial charge in [-0.3, -0.25) is 0 Å². The third-order valence-corrected chi connectivity index (χ3v) is 3.87. The molecule has 8 heteroatoms. The molecule has 0 saturated heterocycles. The molecule has 1 aromatic carbocycles. The average Bonchev–Trinajstić information content (AvgIpc) is 2.88. The third kappa shape index (κ3) is 4.30. The second-order valence-corrected chi connectivity index (χ2v) is 6.59. The summed E-state index contributed by atoms with van der Waals surface area (Å²) in [4.78, 5) is 0. The summed E-state index contributed by atoms with van der Waals surface area (Å²) in [5.74, 6) is 1.41. The van der Waals surface area contributed by atoms with E-state index in [0.717, 1.165) is 20.3 Å². The summed E-state index contributed by atoms with van der Waals surface area (Å²) in [6, 6.07) is 4.02. The minimum absolute atomic E-state index is 0.111. The second kappa shape index (κ2) is 7.73. The molecule has 118 valence electrons. The van der Waals surface area contributed by atoms with Crippen LogP contribution in [-0.2, 0) is 13.1 Å². The highest BCUT2D eigenvalue weighted by atomic mass is 79.9. The Hall–Kier alpha value is -1.41. The smallest absolute Gasteiger partial charge is 0.243 e. The van der Waals surface area contributed by atoms with Gasteiger partial charge in [-0.2, -0.15) is 0 Å². The minimum Gasteiger partial charge on any atom is -0.489 e. The molecular formula is C14H17Br2N5O. The highest BCUT2D eigenvalue weighted by molar-refractivity contribution is 9.11. The summed E-state index contributed by atoms with van der Waals surface area (Å²) in [6.07, 6.45) is 1.85. The van der Waals surface area contributed by atoms with Gasteiger partial charge in [-0.15, -0.1) is 6.58 Å². The van der Waals surface area contributed by atoms with Crippen LogP contribution < -0.4 is 10.1 Å². The minimum atomic E-state index is 0.111. The first-order valence-corrected chi connectivity index (χ1v) is 8.35. The number of hydrogen-bond donors (Lipinski definition) is 1. The van der Waals surface area contributed by atoms with Gasteiger partial charge in [-0.1, -0.05) is 11.2 Å². The Kier molecular flexibility index (Phi) is 5.96. The van der Waals surface area contributed by atoms with Crippen molar-refractivity contribution in [1.29, 1.82) is 0 Å². The molecule has 0 radical (unpaired) electrons. The summed E-state index contributed by atoms with van der Waals surface area (Å²) in [6.45, 7) is 8.82. The third-order valence-electron chi connectivity index (χ3n) is 2.70. The van der Waals surface area contributed by atoms with E-state index in [1.54, 1.807) is 10.8 Å². The number of hydrogen-bond acceptors (Lipinski definition) is 5. The van der Waals surface area contributed by atoms with E-state index in [4.69, 9.17) is 4.74 Å². The zero-order valence-corrected chi connectivity index (χ0v) is 15.6. The van der Waals surface area contributed by atoms with Gasteiger partial charge in [0.1, 0.15) is 5.75 Å². The zero-order valence-electron chi connectivity index (χ0n) is 12.4. The molecule has 0 fully saturated rings. The maximum absolute atomic E-state index is 5.77. The number of tetrazole rings is 1. The molecule has 0 aliphatic heterocycles. The Balaban J connectivity index is 2.10. The van der Waals surface area contributed by atoms with E-state index in [1.807, 2.05) is 26.0 Å². The molecule has 0 amide bonds. The first-order chi connectivity index (χ1) is 10.5. The summed E-state index contributed by atoms with van der Waals surface area (Å²) in [5.41, 5.74) is 1.07. The Morgan fingerprint density at radius 3 is 2.64 bits per heavy atom. The van der Waals surface area contributed by atoms with Gasteiger partial charge in [-0.25, -0.2) is 4.68 Å².